The van der Waals surface area contributed by atoms with Crippen LogP contribution in [0.3, 0.4) is 0 Å². The van der Waals surface area contributed by atoms with E-state index in [1.165, 1.54) is 0 Å². The number of hydrogen-bond donors (Lipinski definition) is 1. The van der Waals surface area contributed by atoms with Gasteiger partial charge in [-0.3, -0.25) is 4.79 Å². The van der Waals surface area contributed by atoms with Crippen LogP contribution in [0.2, 0.25) is 0 Å². The summed E-state index contributed by atoms with van der Waals surface area (Å²) in [5, 5.41) is 14.0. The molecule has 0 bridgehead atoms. The summed E-state index contributed by atoms with van der Waals surface area (Å²) in [6.45, 7) is 2.76. The molecule has 0 aromatic heterocycles. The number of anilines is 1. The van der Waals surface area contributed by atoms with Gasteiger partial charge in [0.2, 0.25) is 0 Å². The Morgan fingerprint density at radius 2 is 2.14 bits per heavy atom. The number of hydrogen-bond acceptors (Lipinski definition) is 4. The fourth-order valence-corrected chi connectivity index (χ4v) is 2.68. The quantitative estimate of drug-likeness (QED) is 0.491. The summed E-state index contributed by atoms with van der Waals surface area (Å²) in [7, 11) is 1.75. The van der Waals surface area contributed by atoms with E-state index >= 15 is 0 Å². The molecule has 0 aliphatic carbocycles. The van der Waals surface area contributed by atoms with Crippen molar-refractivity contribution in [2.45, 2.75) is 38.6 Å². The van der Waals surface area contributed by atoms with Gasteiger partial charge in [0.1, 0.15) is 0 Å². The van der Waals surface area contributed by atoms with Crippen molar-refractivity contribution in [1.82, 2.24) is 5.32 Å². The number of amides is 1. The van der Waals surface area contributed by atoms with Crippen LogP contribution >= 0.6 is 0 Å². The van der Waals surface area contributed by atoms with Crippen LogP contribution in [-0.4, -0.2) is 31.5 Å². The van der Waals surface area contributed by atoms with E-state index in [-0.39, 0.29) is 35.5 Å². The molecule has 5 nitrogen and oxygen atoms in total. The monoisotopic (exact) mass is 312 g/mol. The van der Waals surface area contributed by atoms with Crippen molar-refractivity contribution >= 4 is 17.6 Å². The van der Waals surface area contributed by atoms with E-state index in [1.807, 2.05) is 12.1 Å². The molecule has 114 valence electrons. The minimum Gasteiger partial charge on any atom is -0.548 e. The zero-order valence-electron chi connectivity index (χ0n) is 13.5. The first-order valence-electron chi connectivity index (χ1n) is 7.39. The van der Waals surface area contributed by atoms with Crippen molar-refractivity contribution in [2.24, 2.45) is 0 Å². The van der Waals surface area contributed by atoms with Gasteiger partial charge in [-0.1, -0.05) is 13.3 Å². The standard InChI is InChI=1S/C16H22N2O3.Na/c1-3-4-9-17-15(19)12-6-7-13-11(10-12)5-8-14(16(20)21)18(13)2;/h6-7,10,14H,3-5,8-9H2,1-2H3,(H,17,19)(H,20,21);/q;+1/p-1. The second-order valence-corrected chi connectivity index (χ2v) is 5.44. The van der Waals surface area contributed by atoms with Crippen molar-refractivity contribution in [3.63, 3.8) is 0 Å². The van der Waals surface area contributed by atoms with Crippen molar-refractivity contribution in [1.29, 1.82) is 0 Å². The molecule has 0 saturated carbocycles. The molecule has 1 N–H and O–H groups in total. The number of likely N-dealkylation sites (N-methyl/N-ethyl adjacent to an activating group) is 1. The van der Waals surface area contributed by atoms with Crippen molar-refractivity contribution in [3.8, 4) is 0 Å². The zero-order chi connectivity index (χ0) is 15.4. The summed E-state index contributed by atoms with van der Waals surface area (Å²) in [6, 6.07) is 4.83. The van der Waals surface area contributed by atoms with Crippen molar-refractivity contribution in [3.05, 3.63) is 29.3 Å². The number of nitrogens with zero attached hydrogens (tertiary/aromatic N) is 1. The molecular weight excluding hydrogens is 291 g/mol. The Balaban J connectivity index is 0.00000242. The number of rotatable bonds is 5. The van der Waals surface area contributed by atoms with Crippen LogP contribution in [0.4, 0.5) is 5.69 Å². The van der Waals surface area contributed by atoms with Gasteiger partial charge in [-0.25, -0.2) is 0 Å². The van der Waals surface area contributed by atoms with Gasteiger partial charge in [-0.2, -0.15) is 0 Å². The summed E-state index contributed by atoms with van der Waals surface area (Å²) in [4.78, 5) is 24.8. The third-order valence-electron chi connectivity index (χ3n) is 3.96. The molecule has 1 aliphatic heterocycles. The summed E-state index contributed by atoms with van der Waals surface area (Å²) in [5.74, 6) is -1.12. The number of carbonyl (C=O) groups excluding carboxylic acids is 2. The summed E-state index contributed by atoms with van der Waals surface area (Å²) in [6.07, 6.45) is 3.16. The van der Waals surface area contributed by atoms with Crippen LogP contribution in [0.1, 0.15) is 42.1 Å². The van der Waals surface area contributed by atoms with E-state index in [4.69, 9.17) is 0 Å². The van der Waals surface area contributed by atoms with Crippen LogP contribution in [0.25, 0.3) is 0 Å². The van der Waals surface area contributed by atoms with E-state index in [0.717, 1.165) is 24.1 Å². The van der Waals surface area contributed by atoms with Crippen LogP contribution in [0, 0.1) is 0 Å². The number of fused-ring (bicyclic) bond motifs is 1. The number of carboxylic acids is 1. The molecule has 0 spiro atoms. The molecule has 1 aliphatic rings. The maximum atomic E-state index is 12.0. The normalized spacial score (nSPS) is 16.5. The van der Waals surface area contributed by atoms with Crippen LogP contribution in [0.5, 0.6) is 0 Å². The second kappa shape index (κ2) is 8.56. The van der Waals surface area contributed by atoms with E-state index in [9.17, 15) is 14.7 Å². The van der Waals surface area contributed by atoms with E-state index in [0.29, 0.717) is 24.9 Å². The Bertz CT molecular complexity index is 548. The Kier molecular flexibility index (Phi) is 7.39. The summed E-state index contributed by atoms with van der Waals surface area (Å²) >= 11 is 0. The molecule has 2 rings (SSSR count). The van der Waals surface area contributed by atoms with Crippen LogP contribution in [0.15, 0.2) is 18.2 Å². The molecule has 6 heteroatoms. The van der Waals surface area contributed by atoms with E-state index in [2.05, 4.69) is 12.2 Å². The molecule has 0 saturated heterocycles. The van der Waals surface area contributed by atoms with E-state index in [1.54, 1.807) is 18.0 Å². The Morgan fingerprint density at radius 1 is 1.41 bits per heavy atom. The molecule has 0 radical (unpaired) electrons. The average Bonchev–Trinajstić information content (AvgIpc) is 2.47. The van der Waals surface area contributed by atoms with Crippen LogP contribution < -0.4 is 44.9 Å². The SMILES string of the molecule is CCCCNC(=O)c1ccc2c(c1)CCC(C(=O)[O-])N2C.[Na+]. The number of nitrogens with one attached hydrogen (secondary N) is 1. The molecule has 1 unspecified atom stereocenters. The van der Waals surface area contributed by atoms with Crippen LogP contribution in [-0.2, 0) is 11.2 Å². The van der Waals surface area contributed by atoms with Gasteiger partial charge in [-0.15, -0.1) is 0 Å². The van der Waals surface area contributed by atoms with Gasteiger partial charge in [0, 0.05) is 24.8 Å². The molecule has 1 aromatic rings. The van der Waals surface area contributed by atoms with Gasteiger partial charge in [0.15, 0.2) is 0 Å². The molecule has 1 atom stereocenters. The number of carbonyl (C=O) groups is 2. The fourth-order valence-electron chi connectivity index (χ4n) is 2.68. The van der Waals surface area contributed by atoms with Crippen molar-refractivity contribution in [2.75, 3.05) is 18.5 Å². The topological polar surface area (TPSA) is 72.5 Å². The van der Waals surface area contributed by atoms with Crippen molar-refractivity contribution < 1.29 is 44.3 Å². The number of aryl methyl sites for hydroxylation is 1. The van der Waals surface area contributed by atoms with Gasteiger partial charge in [-0.05, 0) is 43.0 Å². The number of benzene rings is 1. The third kappa shape index (κ3) is 4.24. The first-order valence-corrected chi connectivity index (χ1v) is 7.39. The van der Waals surface area contributed by atoms with E-state index < -0.39 is 12.0 Å². The zero-order valence-corrected chi connectivity index (χ0v) is 15.5. The minimum absolute atomic E-state index is 0. The second-order valence-electron chi connectivity index (χ2n) is 5.44. The van der Waals surface area contributed by atoms with Gasteiger partial charge >= 0.3 is 29.6 Å². The summed E-state index contributed by atoms with van der Waals surface area (Å²) < 4.78 is 0. The number of carboxylic acid groups (broad SMARTS) is 1. The molecule has 0 fully saturated rings. The fraction of sp³-hybridized carbons (Fsp3) is 0.500. The Labute approximate surface area is 153 Å². The number of unbranched alkanes of at least 4 members (excludes halogenated alkanes) is 1. The number of aliphatic carboxylic acids is 1. The Hall–Kier alpha value is -1.04. The van der Waals surface area contributed by atoms with Gasteiger partial charge in [0.05, 0.1) is 12.0 Å². The average molecular weight is 312 g/mol. The smallest absolute Gasteiger partial charge is 0.548 e. The molecule has 1 amide bonds. The molecule has 1 aromatic carbocycles. The van der Waals surface area contributed by atoms with Gasteiger partial charge in [0.25, 0.3) is 5.91 Å². The molecule has 22 heavy (non-hydrogen) atoms. The Morgan fingerprint density at radius 3 is 2.77 bits per heavy atom. The van der Waals surface area contributed by atoms with Gasteiger partial charge < -0.3 is 20.1 Å². The summed E-state index contributed by atoms with van der Waals surface area (Å²) in [5.41, 5.74) is 2.50. The first kappa shape index (κ1) is 19.0. The largest absolute Gasteiger partial charge is 1.00 e. The predicted molar refractivity (Wildman–Crippen MR) is 79.2 cm³/mol. The molecular formula is C16H21N2NaO3. The maximum absolute atomic E-state index is 12.0. The third-order valence-corrected chi connectivity index (χ3v) is 3.96. The predicted octanol–water partition coefficient (Wildman–Crippen LogP) is -2.28. The molecule has 1 heterocycles. The maximum Gasteiger partial charge on any atom is 1.00 e. The first-order chi connectivity index (χ1) is 10.0. The minimum atomic E-state index is -1.05.